The first kappa shape index (κ1) is 9.78. The van der Waals surface area contributed by atoms with Gasteiger partial charge in [-0.3, -0.25) is 0 Å². The van der Waals surface area contributed by atoms with Crippen molar-refractivity contribution in [2.75, 3.05) is 0 Å². The van der Waals surface area contributed by atoms with Gasteiger partial charge in [-0.2, -0.15) is 0 Å². The van der Waals surface area contributed by atoms with Crippen LogP contribution in [0.2, 0.25) is 0 Å². The van der Waals surface area contributed by atoms with E-state index in [2.05, 4.69) is 4.98 Å². The quantitative estimate of drug-likeness (QED) is 0.579. The third-order valence-electron chi connectivity index (χ3n) is 1.70. The Morgan fingerprint density at radius 3 is 2.83 bits per heavy atom. The van der Waals surface area contributed by atoms with E-state index in [1.54, 1.807) is 0 Å². The minimum absolute atomic E-state index is 0. The Kier molecular flexibility index (Phi) is 2.94. The van der Waals surface area contributed by atoms with Gasteiger partial charge in [0.1, 0.15) is 0 Å². The number of hydrogen-bond acceptors (Lipinski definition) is 3. The van der Waals surface area contributed by atoms with Gasteiger partial charge in [-0.25, -0.2) is 9.78 Å². The van der Waals surface area contributed by atoms with Gasteiger partial charge >= 0.3 is 24.8 Å². The van der Waals surface area contributed by atoms with Gasteiger partial charge in [0.05, 0.1) is 5.69 Å². The molecular formula is C7H8LiNO2S. The molecule has 0 spiro atoms. The number of nitrogens with zero attached hydrogens (tertiary/aromatic N) is 1. The monoisotopic (exact) mass is 177 g/mol. The standard InChI is InChI=1S/C7H7NO2S.Li.H/c9-7(10)6-8-5(3-11-6)4-1-2-4;;/h3-4H,1-2H2,(H,9,10);;/q;+1;-1. The van der Waals surface area contributed by atoms with Crippen LogP contribution in [0.25, 0.3) is 0 Å². The van der Waals surface area contributed by atoms with E-state index in [4.69, 9.17) is 5.11 Å². The second-order valence-electron chi connectivity index (χ2n) is 2.66. The van der Waals surface area contributed by atoms with Crippen LogP contribution in [0.4, 0.5) is 0 Å². The van der Waals surface area contributed by atoms with Crippen molar-refractivity contribution in [3.63, 3.8) is 0 Å². The van der Waals surface area contributed by atoms with Crippen molar-refractivity contribution in [2.24, 2.45) is 0 Å². The molecule has 0 unspecified atom stereocenters. The largest absolute Gasteiger partial charge is 1.00 e. The maximum absolute atomic E-state index is 10.4. The summed E-state index contributed by atoms with van der Waals surface area (Å²) in [5, 5.41) is 10.6. The minimum atomic E-state index is -0.915. The van der Waals surface area contributed by atoms with E-state index in [0.29, 0.717) is 5.92 Å². The van der Waals surface area contributed by atoms with E-state index >= 15 is 0 Å². The van der Waals surface area contributed by atoms with Crippen molar-refractivity contribution in [1.82, 2.24) is 4.98 Å². The maximum atomic E-state index is 10.4. The smallest absolute Gasteiger partial charge is 1.00 e. The molecule has 12 heavy (non-hydrogen) atoms. The zero-order chi connectivity index (χ0) is 7.84. The van der Waals surface area contributed by atoms with Gasteiger partial charge in [0.25, 0.3) is 0 Å². The van der Waals surface area contributed by atoms with Crippen molar-refractivity contribution in [1.29, 1.82) is 0 Å². The number of hydrogen-bond donors (Lipinski definition) is 1. The summed E-state index contributed by atoms with van der Waals surface area (Å²) in [6.07, 6.45) is 2.34. The topological polar surface area (TPSA) is 50.2 Å². The van der Waals surface area contributed by atoms with Crippen LogP contribution in [-0.4, -0.2) is 16.1 Å². The Hall–Kier alpha value is -0.303. The van der Waals surface area contributed by atoms with Crippen molar-refractivity contribution >= 4 is 17.3 Å². The van der Waals surface area contributed by atoms with Crippen LogP contribution >= 0.6 is 11.3 Å². The van der Waals surface area contributed by atoms with Gasteiger partial charge in [-0.1, -0.05) is 0 Å². The molecule has 1 aromatic rings. The van der Waals surface area contributed by atoms with E-state index in [1.165, 1.54) is 24.2 Å². The number of carbonyl (C=O) groups is 1. The van der Waals surface area contributed by atoms with Crippen LogP contribution in [0.15, 0.2) is 5.38 Å². The normalized spacial score (nSPS) is 15.3. The van der Waals surface area contributed by atoms with Crippen molar-refractivity contribution in [2.45, 2.75) is 18.8 Å². The van der Waals surface area contributed by atoms with Gasteiger partial charge < -0.3 is 6.53 Å². The summed E-state index contributed by atoms with van der Waals surface area (Å²) < 4.78 is 0. The van der Waals surface area contributed by atoms with Crippen LogP contribution in [0, 0.1) is 0 Å². The molecule has 1 saturated carbocycles. The summed E-state index contributed by atoms with van der Waals surface area (Å²) >= 11 is 1.22. The van der Waals surface area contributed by atoms with Gasteiger partial charge in [-0.05, 0) is 12.8 Å². The molecule has 1 aromatic heterocycles. The van der Waals surface area contributed by atoms with Gasteiger partial charge in [-0.15, -0.1) is 11.3 Å². The molecule has 0 radical (unpaired) electrons. The zero-order valence-electron chi connectivity index (χ0n) is 7.78. The van der Waals surface area contributed by atoms with Crippen LogP contribution in [0.5, 0.6) is 0 Å². The van der Waals surface area contributed by atoms with Crippen LogP contribution in [-0.2, 0) is 0 Å². The molecule has 1 aliphatic carbocycles. The van der Waals surface area contributed by atoms with Crippen molar-refractivity contribution in [3.05, 3.63) is 16.1 Å². The average molecular weight is 177 g/mol. The van der Waals surface area contributed by atoms with Crippen molar-refractivity contribution < 1.29 is 30.2 Å². The predicted octanol–water partition coefficient (Wildman–Crippen LogP) is -1.16. The van der Waals surface area contributed by atoms with E-state index in [9.17, 15) is 4.79 Å². The molecule has 0 atom stereocenters. The fourth-order valence-electron chi connectivity index (χ4n) is 0.951. The summed E-state index contributed by atoms with van der Waals surface area (Å²) in [5.74, 6) is -0.360. The fourth-order valence-corrected chi connectivity index (χ4v) is 1.69. The molecule has 0 amide bonds. The minimum Gasteiger partial charge on any atom is -1.00 e. The SMILES string of the molecule is O=C(O)c1nc(C2CC2)cs1.[H-].[Li+]. The molecule has 1 aliphatic rings. The third-order valence-corrected chi connectivity index (χ3v) is 2.55. The third kappa shape index (κ3) is 1.89. The molecule has 0 bridgehead atoms. The molecule has 1 heterocycles. The Bertz CT molecular complexity index is 300. The number of thiazole rings is 1. The van der Waals surface area contributed by atoms with Crippen LogP contribution in [0.3, 0.4) is 0 Å². The van der Waals surface area contributed by atoms with E-state index in [1.807, 2.05) is 5.38 Å². The molecule has 0 saturated heterocycles. The number of rotatable bonds is 2. The molecule has 1 N–H and O–H groups in total. The molecule has 0 aromatic carbocycles. The Balaban J connectivity index is 0.000000720. The number of carboxylic acid groups (broad SMARTS) is 1. The van der Waals surface area contributed by atoms with Gasteiger partial charge in [0.15, 0.2) is 0 Å². The molecule has 60 valence electrons. The number of aromatic carboxylic acids is 1. The first-order chi connectivity index (χ1) is 5.27. The molecule has 3 nitrogen and oxygen atoms in total. The number of carboxylic acids is 1. The first-order valence-electron chi connectivity index (χ1n) is 3.46. The maximum Gasteiger partial charge on any atom is 1.00 e. The van der Waals surface area contributed by atoms with Gasteiger partial charge in [0, 0.05) is 11.3 Å². The second kappa shape index (κ2) is 3.61. The van der Waals surface area contributed by atoms with Gasteiger partial charge in [0.2, 0.25) is 5.01 Å². The second-order valence-corrected chi connectivity index (χ2v) is 3.52. The summed E-state index contributed by atoms with van der Waals surface area (Å²) in [7, 11) is 0. The molecule has 1 fully saturated rings. The van der Waals surface area contributed by atoms with Crippen molar-refractivity contribution in [3.8, 4) is 0 Å². The van der Waals surface area contributed by atoms with E-state index in [-0.39, 0.29) is 25.3 Å². The summed E-state index contributed by atoms with van der Waals surface area (Å²) in [6, 6.07) is 0. The average Bonchev–Trinajstić information content (AvgIpc) is 2.68. The summed E-state index contributed by atoms with van der Waals surface area (Å²) in [4.78, 5) is 14.4. The summed E-state index contributed by atoms with van der Waals surface area (Å²) in [6.45, 7) is 0. The van der Waals surface area contributed by atoms with E-state index < -0.39 is 5.97 Å². The zero-order valence-corrected chi connectivity index (χ0v) is 7.60. The number of aromatic nitrogens is 1. The Morgan fingerprint density at radius 1 is 1.75 bits per heavy atom. The summed E-state index contributed by atoms with van der Waals surface area (Å²) in [5.41, 5.74) is 0.965. The first-order valence-corrected chi connectivity index (χ1v) is 4.34. The Morgan fingerprint density at radius 2 is 2.42 bits per heavy atom. The molecule has 5 heteroatoms. The fraction of sp³-hybridized carbons (Fsp3) is 0.429. The van der Waals surface area contributed by atoms with Crippen LogP contribution < -0.4 is 18.9 Å². The van der Waals surface area contributed by atoms with Crippen LogP contribution in [0.1, 0.15) is 35.7 Å². The molecular weight excluding hydrogens is 169 g/mol. The van der Waals surface area contributed by atoms with E-state index in [0.717, 1.165) is 5.69 Å². The molecule has 0 aliphatic heterocycles. The molecule has 2 rings (SSSR count). The Labute approximate surface area is 87.5 Å². The predicted molar refractivity (Wildman–Crippen MR) is 42.2 cm³/mol.